The summed E-state index contributed by atoms with van der Waals surface area (Å²) >= 11 is 0. The molecule has 0 aliphatic carbocycles. The van der Waals surface area contributed by atoms with E-state index in [1.165, 1.54) is 122 Å². The Morgan fingerprint density at radius 2 is 0.941 bits per heavy atom. The van der Waals surface area contributed by atoms with Gasteiger partial charge in [-0.3, -0.25) is 9.59 Å². The van der Waals surface area contributed by atoms with Crippen molar-refractivity contribution in [2.75, 3.05) is 19.8 Å². The predicted molar refractivity (Wildman–Crippen MR) is 216 cm³/mol. The lowest BCUT2D eigenvalue weighted by atomic mass is 9.98. The largest absolute Gasteiger partial charge is 0.466 e. The lowest BCUT2D eigenvalue weighted by molar-refractivity contribution is -0.150. The van der Waals surface area contributed by atoms with Crippen molar-refractivity contribution < 1.29 is 23.8 Å². The fraction of sp³-hybridized carbons (Fsp3) is 0.956. The molecule has 1 aliphatic rings. The number of unbranched alkanes of at least 4 members (excludes halogenated alkanes) is 21. The molecular formula is C45H87NO5. The topological polar surface area (TPSA) is 73.9 Å². The van der Waals surface area contributed by atoms with E-state index in [1.807, 2.05) is 0 Å². The summed E-state index contributed by atoms with van der Waals surface area (Å²) in [4.78, 5) is 25.1. The van der Waals surface area contributed by atoms with E-state index in [9.17, 15) is 9.59 Å². The minimum absolute atomic E-state index is 0.0201. The van der Waals surface area contributed by atoms with Crippen molar-refractivity contribution in [2.45, 2.75) is 257 Å². The van der Waals surface area contributed by atoms with Crippen molar-refractivity contribution in [3.8, 4) is 0 Å². The monoisotopic (exact) mass is 722 g/mol. The van der Waals surface area contributed by atoms with Gasteiger partial charge in [0.1, 0.15) is 6.10 Å². The number of rotatable bonds is 38. The van der Waals surface area contributed by atoms with Crippen LogP contribution in [-0.2, 0) is 23.8 Å². The Balaban J connectivity index is 2.31. The first-order valence-electron chi connectivity index (χ1n) is 22.8. The van der Waals surface area contributed by atoms with Gasteiger partial charge in [0, 0.05) is 38.1 Å². The average molecular weight is 722 g/mol. The molecule has 1 rings (SSSR count). The lowest BCUT2D eigenvalue weighted by Crippen LogP contribution is -2.41. The molecule has 51 heavy (non-hydrogen) atoms. The quantitative estimate of drug-likeness (QED) is 0.0505. The molecule has 0 amide bonds. The molecule has 0 saturated carbocycles. The Morgan fingerprint density at radius 1 is 0.529 bits per heavy atom. The number of carbonyl (C=O) groups excluding carboxylic acids is 2. The van der Waals surface area contributed by atoms with Crippen LogP contribution in [0.2, 0.25) is 0 Å². The van der Waals surface area contributed by atoms with Gasteiger partial charge in [-0.05, 0) is 70.6 Å². The molecule has 1 heterocycles. The zero-order valence-electron chi connectivity index (χ0n) is 34.4. The van der Waals surface area contributed by atoms with Crippen molar-refractivity contribution in [3.05, 3.63) is 0 Å². The third-order valence-corrected chi connectivity index (χ3v) is 10.9. The highest BCUT2D eigenvalue weighted by Crippen LogP contribution is 2.20. The van der Waals surface area contributed by atoms with Gasteiger partial charge in [-0.25, -0.2) is 0 Å². The Hall–Kier alpha value is -1.14. The number of hydrogen-bond acceptors (Lipinski definition) is 6. The molecule has 2 atom stereocenters. The smallest absolute Gasteiger partial charge is 0.306 e. The molecule has 0 aromatic carbocycles. The molecule has 2 unspecified atom stereocenters. The first-order valence-corrected chi connectivity index (χ1v) is 22.8. The summed E-state index contributed by atoms with van der Waals surface area (Å²) in [6.07, 6.45) is 39.5. The van der Waals surface area contributed by atoms with Crippen LogP contribution in [-0.4, -0.2) is 49.9 Å². The number of ether oxygens (including phenoxy) is 3. The Kier molecular flexibility index (Phi) is 34.9. The summed E-state index contributed by atoms with van der Waals surface area (Å²) < 4.78 is 17.2. The first kappa shape index (κ1) is 47.9. The van der Waals surface area contributed by atoms with Gasteiger partial charge in [-0.2, -0.15) is 0 Å². The van der Waals surface area contributed by atoms with Crippen LogP contribution in [0.5, 0.6) is 0 Å². The van der Waals surface area contributed by atoms with Crippen LogP contribution in [0.1, 0.15) is 239 Å². The summed E-state index contributed by atoms with van der Waals surface area (Å²) in [6, 6.07) is 1.04. The van der Waals surface area contributed by atoms with Gasteiger partial charge in [-0.15, -0.1) is 0 Å². The molecule has 0 radical (unpaired) electrons. The first-order chi connectivity index (χ1) is 25.1. The van der Waals surface area contributed by atoms with E-state index in [-0.39, 0.29) is 18.0 Å². The minimum Gasteiger partial charge on any atom is -0.466 e. The van der Waals surface area contributed by atoms with Crippen LogP contribution >= 0.6 is 0 Å². The fourth-order valence-corrected chi connectivity index (χ4v) is 7.49. The van der Waals surface area contributed by atoms with Crippen LogP contribution in [0.25, 0.3) is 0 Å². The summed E-state index contributed by atoms with van der Waals surface area (Å²) in [5.74, 6) is -0.00494. The Morgan fingerprint density at radius 3 is 1.45 bits per heavy atom. The van der Waals surface area contributed by atoms with Crippen molar-refractivity contribution in [3.63, 3.8) is 0 Å². The summed E-state index contributed by atoms with van der Waals surface area (Å²) in [5, 5.41) is 3.95. The van der Waals surface area contributed by atoms with E-state index >= 15 is 0 Å². The van der Waals surface area contributed by atoms with Crippen molar-refractivity contribution in [2.24, 2.45) is 0 Å². The van der Waals surface area contributed by atoms with Crippen LogP contribution in [0.15, 0.2) is 0 Å². The van der Waals surface area contributed by atoms with Gasteiger partial charge in [0.15, 0.2) is 0 Å². The maximum absolute atomic E-state index is 12.9. The van der Waals surface area contributed by atoms with E-state index in [2.05, 4.69) is 26.1 Å². The maximum Gasteiger partial charge on any atom is 0.306 e. The third kappa shape index (κ3) is 32.0. The van der Waals surface area contributed by atoms with Gasteiger partial charge in [0.2, 0.25) is 0 Å². The second-order valence-corrected chi connectivity index (χ2v) is 15.9. The van der Waals surface area contributed by atoms with Crippen LogP contribution in [0.4, 0.5) is 0 Å². The number of nitrogens with one attached hydrogen (secondary N) is 1. The second-order valence-electron chi connectivity index (χ2n) is 15.9. The van der Waals surface area contributed by atoms with Gasteiger partial charge in [0.25, 0.3) is 0 Å². The molecule has 1 saturated heterocycles. The zero-order valence-corrected chi connectivity index (χ0v) is 34.4. The Bertz CT molecular complexity index is 755. The standard InChI is InChI=1S/C45H87NO5/c1-4-7-10-13-16-19-26-33-43(32-25-18-15-12-9-6-3)51-45(48)35-28-22-24-31-41(46-42-36-39-49-40-37-42)30-23-21-27-34-44(47)50-38-29-20-17-14-11-8-5-2/h41-43,46H,4-40H2,1-3H3. The fourth-order valence-electron chi connectivity index (χ4n) is 7.49. The second kappa shape index (κ2) is 37.2. The molecule has 302 valence electrons. The molecule has 1 aliphatic heterocycles. The van der Waals surface area contributed by atoms with Gasteiger partial charge in [0.05, 0.1) is 6.61 Å². The number of hydrogen-bond donors (Lipinski definition) is 1. The predicted octanol–water partition coefficient (Wildman–Crippen LogP) is 13.1. The van der Waals surface area contributed by atoms with Crippen LogP contribution in [0, 0.1) is 0 Å². The van der Waals surface area contributed by atoms with Crippen molar-refractivity contribution in [1.82, 2.24) is 5.32 Å². The van der Waals surface area contributed by atoms with E-state index in [4.69, 9.17) is 14.2 Å². The van der Waals surface area contributed by atoms with E-state index < -0.39 is 0 Å². The molecule has 0 spiro atoms. The van der Waals surface area contributed by atoms with E-state index in [0.717, 1.165) is 96.7 Å². The normalized spacial score (nSPS) is 14.8. The molecule has 1 fully saturated rings. The zero-order chi connectivity index (χ0) is 36.9. The van der Waals surface area contributed by atoms with Gasteiger partial charge < -0.3 is 19.5 Å². The van der Waals surface area contributed by atoms with Crippen molar-refractivity contribution in [1.29, 1.82) is 0 Å². The lowest BCUT2D eigenvalue weighted by Gasteiger charge is -2.29. The molecular weight excluding hydrogens is 634 g/mol. The highest BCUT2D eigenvalue weighted by molar-refractivity contribution is 5.69. The number of carbonyl (C=O) groups is 2. The SMILES string of the molecule is CCCCCCCCCOC(=O)CCCCCC(CCCCCC(=O)OC(CCCCCCCC)CCCCCCCCC)NC1CCOCC1. The van der Waals surface area contributed by atoms with Gasteiger partial charge in [-0.1, -0.05) is 156 Å². The van der Waals surface area contributed by atoms with E-state index in [0.29, 0.717) is 31.5 Å². The minimum atomic E-state index is -0.0251. The molecule has 0 aromatic heterocycles. The Labute approximate surface area is 317 Å². The van der Waals surface area contributed by atoms with E-state index in [1.54, 1.807) is 0 Å². The van der Waals surface area contributed by atoms with Gasteiger partial charge >= 0.3 is 11.9 Å². The van der Waals surface area contributed by atoms with Crippen LogP contribution in [0.3, 0.4) is 0 Å². The summed E-state index contributed by atoms with van der Waals surface area (Å²) in [7, 11) is 0. The molecule has 0 bridgehead atoms. The molecule has 1 N–H and O–H groups in total. The average Bonchev–Trinajstić information content (AvgIpc) is 3.13. The highest BCUT2D eigenvalue weighted by atomic mass is 16.5. The summed E-state index contributed by atoms with van der Waals surface area (Å²) in [5.41, 5.74) is 0. The molecule has 6 nitrogen and oxygen atoms in total. The molecule has 6 heteroatoms. The summed E-state index contributed by atoms with van der Waals surface area (Å²) in [6.45, 7) is 9.08. The molecule has 0 aromatic rings. The highest BCUT2D eigenvalue weighted by Gasteiger charge is 2.19. The maximum atomic E-state index is 12.9. The number of esters is 2. The van der Waals surface area contributed by atoms with Crippen molar-refractivity contribution >= 4 is 11.9 Å². The third-order valence-electron chi connectivity index (χ3n) is 10.9. The van der Waals surface area contributed by atoms with Crippen LogP contribution < -0.4 is 5.32 Å².